The Balaban J connectivity index is 2.08. The molecule has 0 amide bonds. The quantitative estimate of drug-likeness (QED) is 0.822. The van der Waals surface area contributed by atoms with E-state index in [9.17, 15) is 4.79 Å². The molecule has 1 N–H and O–H groups in total. The third kappa shape index (κ3) is 4.31. The van der Waals surface area contributed by atoms with E-state index in [-0.39, 0.29) is 12.5 Å². The van der Waals surface area contributed by atoms with Gasteiger partial charge in [0.05, 0.1) is 5.56 Å². The number of rotatable bonds is 6. The van der Waals surface area contributed by atoms with Crippen molar-refractivity contribution in [3.8, 4) is 0 Å². The Kier molecular flexibility index (Phi) is 5.36. The molecule has 0 aliphatic heterocycles. The summed E-state index contributed by atoms with van der Waals surface area (Å²) in [4.78, 5) is 12.3. The van der Waals surface area contributed by atoms with E-state index in [1.54, 1.807) is 13.0 Å². The largest absolute Gasteiger partial charge is 0.452 e. The van der Waals surface area contributed by atoms with Crippen LogP contribution >= 0.6 is 0 Å². The first-order chi connectivity index (χ1) is 10.9. The zero-order chi connectivity index (χ0) is 17.0. The lowest BCUT2D eigenvalue weighted by molar-refractivity contribution is 0.0436. The number of ether oxygens (including phenoxy) is 1. The van der Waals surface area contributed by atoms with Crippen LogP contribution in [0.25, 0.3) is 0 Å². The van der Waals surface area contributed by atoms with Crippen LogP contribution in [0.1, 0.15) is 48.5 Å². The van der Waals surface area contributed by atoms with Crippen molar-refractivity contribution in [1.29, 1.82) is 0 Å². The Labute approximate surface area is 136 Å². The van der Waals surface area contributed by atoms with E-state index in [2.05, 4.69) is 36.3 Å². The maximum absolute atomic E-state index is 12.3. The third-order valence-corrected chi connectivity index (χ3v) is 3.83. The molecule has 1 atom stereocenters. The van der Waals surface area contributed by atoms with Crippen molar-refractivity contribution in [3.05, 3.63) is 41.1 Å². The van der Waals surface area contributed by atoms with Crippen LogP contribution in [0.5, 0.6) is 0 Å². The van der Waals surface area contributed by atoms with Crippen LogP contribution < -0.4 is 5.32 Å². The zero-order valence-corrected chi connectivity index (χ0v) is 14.2. The molecule has 0 radical (unpaired) electrons. The van der Waals surface area contributed by atoms with E-state index in [0.29, 0.717) is 23.4 Å². The molecule has 6 heteroatoms. The highest BCUT2D eigenvalue weighted by atomic mass is 16.5. The lowest BCUT2D eigenvalue weighted by atomic mass is 10.0. The summed E-state index contributed by atoms with van der Waals surface area (Å²) in [5.41, 5.74) is 2.34. The summed E-state index contributed by atoms with van der Waals surface area (Å²) < 4.78 is 10.4. The van der Waals surface area contributed by atoms with Gasteiger partial charge in [-0.25, -0.2) is 4.79 Å². The Hall–Kier alpha value is -2.37. The summed E-state index contributed by atoms with van der Waals surface area (Å²) in [5.74, 6) is 0.822. The highest BCUT2D eigenvalue weighted by Crippen LogP contribution is 2.22. The first-order valence-electron chi connectivity index (χ1n) is 7.70. The van der Waals surface area contributed by atoms with Crippen molar-refractivity contribution in [3.63, 3.8) is 0 Å². The summed E-state index contributed by atoms with van der Waals surface area (Å²) in [6, 6.07) is 5.87. The summed E-state index contributed by atoms with van der Waals surface area (Å²) >= 11 is 0. The van der Waals surface area contributed by atoms with Crippen molar-refractivity contribution in [2.24, 2.45) is 5.92 Å². The minimum atomic E-state index is -0.404. The highest BCUT2D eigenvalue weighted by Gasteiger charge is 2.16. The fraction of sp³-hybridized carbons (Fsp3) is 0.471. The molecule has 1 aromatic carbocycles. The van der Waals surface area contributed by atoms with Crippen molar-refractivity contribution in [1.82, 2.24) is 10.2 Å². The molecule has 6 nitrogen and oxygen atoms in total. The molecule has 0 spiro atoms. The van der Waals surface area contributed by atoms with Crippen molar-refractivity contribution < 1.29 is 13.9 Å². The molecule has 1 unspecified atom stereocenters. The lowest BCUT2D eigenvalue weighted by Gasteiger charge is -2.21. The number of nitrogens with zero attached hydrogens (tertiary/aromatic N) is 2. The number of aryl methyl sites for hydroxylation is 1. The average Bonchev–Trinajstić information content (AvgIpc) is 2.92. The number of carbonyl (C=O) groups excluding carboxylic acids is 1. The Bertz CT molecular complexity index is 679. The van der Waals surface area contributed by atoms with E-state index in [0.717, 1.165) is 11.3 Å². The molecule has 124 valence electrons. The average molecular weight is 317 g/mol. The Morgan fingerprint density at radius 3 is 2.61 bits per heavy atom. The van der Waals surface area contributed by atoms with Gasteiger partial charge in [-0.1, -0.05) is 19.9 Å². The van der Waals surface area contributed by atoms with Crippen molar-refractivity contribution in [2.45, 2.75) is 47.3 Å². The second-order valence-corrected chi connectivity index (χ2v) is 5.95. The number of anilines is 1. The summed E-state index contributed by atoms with van der Waals surface area (Å²) in [5, 5.41) is 10.9. The maximum atomic E-state index is 12.3. The van der Waals surface area contributed by atoms with Crippen LogP contribution in [-0.2, 0) is 11.3 Å². The summed E-state index contributed by atoms with van der Waals surface area (Å²) in [7, 11) is 0. The predicted octanol–water partition coefficient (Wildman–Crippen LogP) is 3.50. The molecule has 23 heavy (non-hydrogen) atoms. The number of hydrogen-bond acceptors (Lipinski definition) is 6. The normalized spacial score (nSPS) is 12.3. The van der Waals surface area contributed by atoms with Gasteiger partial charge in [0.25, 0.3) is 5.89 Å². The van der Waals surface area contributed by atoms with Gasteiger partial charge in [0.15, 0.2) is 6.61 Å². The molecule has 2 aromatic rings. The number of hydrogen-bond donors (Lipinski definition) is 1. The predicted molar refractivity (Wildman–Crippen MR) is 87.3 cm³/mol. The Morgan fingerprint density at radius 1 is 1.26 bits per heavy atom. The van der Waals surface area contributed by atoms with Crippen LogP contribution in [-0.4, -0.2) is 22.2 Å². The van der Waals surface area contributed by atoms with Crippen LogP contribution in [0, 0.1) is 19.8 Å². The summed E-state index contributed by atoms with van der Waals surface area (Å²) in [6.07, 6.45) is 0. The van der Waals surface area contributed by atoms with Gasteiger partial charge in [0, 0.05) is 18.7 Å². The molecule has 0 bridgehead atoms. The van der Waals surface area contributed by atoms with Gasteiger partial charge < -0.3 is 14.5 Å². The zero-order valence-electron chi connectivity index (χ0n) is 14.2. The first-order valence-corrected chi connectivity index (χ1v) is 7.70. The van der Waals surface area contributed by atoms with E-state index >= 15 is 0 Å². The van der Waals surface area contributed by atoms with E-state index in [1.165, 1.54) is 0 Å². The fourth-order valence-electron chi connectivity index (χ4n) is 2.03. The fourth-order valence-corrected chi connectivity index (χ4v) is 2.03. The van der Waals surface area contributed by atoms with Gasteiger partial charge in [-0.2, -0.15) is 0 Å². The standard InChI is InChI=1S/C17H23N3O3/c1-10(2)12(4)18-15-8-6-7-14(11(15)3)17(21)22-9-16-20-19-13(5)23-16/h6-8,10,12,18H,9H2,1-5H3. The van der Waals surface area contributed by atoms with Crippen molar-refractivity contribution in [2.75, 3.05) is 5.32 Å². The topological polar surface area (TPSA) is 77.2 Å². The molecule has 0 aliphatic carbocycles. The number of benzene rings is 1. The lowest BCUT2D eigenvalue weighted by Crippen LogP contribution is -2.22. The van der Waals surface area contributed by atoms with Crippen LogP contribution in [0.4, 0.5) is 5.69 Å². The molecule has 0 saturated heterocycles. The van der Waals surface area contributed by atoms with Crippen LogP contribution in [0.15, 0.2) is 22.6 Å². The maximum Gasteiger partial charge on any atom is 0.338 e. The second-order valence-electron chi connectivity index (χ2n) is 5.95. The van der Waals surface area contributed by atoms with E-state index in [4.69, 9.17) is 9.15 Å². The molecule has 0 fully saturated rings. The van der Waals surface area contributed by atoms with Crippen LogP contribution in [0.2, 0.25) is 0 Å². The second kappa shape index (κ2) is 7.26. The van der Waals surface area contributed by atoms with Gasteiger partial charge in [0.2, 0.25) is 5.89 Å². The number of nitrogens with one attached hydrogen (secondary N) is 1. The van der Waals surface area contributed by atoms with Gasteiger partial charge >= 0.3 is 5.97 Å². The molecule has 0 saturated carbocycles. The number of aromatic nitrogens is 2. The number of esters is 1. The first kappa shape index (κ1) is 17.0. The highest BCUT2D eigenvalue weighted by molar-refractivity contribution is 5.92. The van der Waals surface area contributed by atoms with Crippen LogP contribution in [0.3, 0.4) is 0 Å². The molecular formula is C17H23N3O3. The smallest absolute Gasteiger partial charge is 0.338 e. The van der Waals surface area contributed by atoms with Gasteiger partial charge in [-0.3, -0.25) is 0 Å². The minimum Gasteiger partial charge on any atom is -0.452 e. The SMILES string of the molecule is Cc1nnc(COC(=O)c2cccc(NC(C)C(C)C)c2C)o1. The third-order valence-electron chi connectivity index (χ3n) is 3.83. The molecule has 2 rings (SSSR count). The minimum absolute atomic E-state index is 0.0286. The van der Waals surface area contributed by atoms with E-state index < -0.39 is 5.97 Å². The van der Waals surface area contributed by atoms with Gasteiger partial charge in [-0.05, 0) is 37.5 Å². The van der Waals surface area contributed by atoms with E-state index in [1.807, 2.05) is 19.1 Å². The number of carbonyl (C=O) groups is 1. The molecule has 0 aliphatic rings. The molecule has 1 heterocycles. The molecular weight excluding hydrogens is 294 g/mol. The molecule has 1 aromatic heterocycles. The monoisotopic (exact) mass is 317 g/mol. The Morgan fingerprint density at radius 2 is 2.00 bits per heavy atom. The van der Waals surface area contributed by atoms with Crippen molar-refractivity contribution >= 4 is 11.7 Å². The summed E-state index contributed by atoms with van der Waals surface area (Å²) in [6.45, 7) is 9.98. The van der Waals surface area contributed by atoms with Gasteiger partial charge in [0.1, 0.15) is 0 Å². The van der Waals surface area contributed by atoms with Gasteiger partial charge in [-0.15, -0.1) is 10.2 Å².